The van der Waals surface area contributed by atoms with Gasteiger partial charge in [0.1, 0.15) is 33.1 Å². The molecule has 0 N–H and O–H groups in total. The van der Waals surface area contributed by atoms with Gasteiger partial charge >= 0.3 is 0 Å². The Balaban J connectivity index is 2.45. The van der Waals surface area contributed by atoms with Crippen molar-refractivity contribution < 1.29 is 32.2 Å². The van der Waals surface area contributed by atoms with Crippen molar-refractivity contribution in [1.29, 1.82) is 0 Å². The molecule has 0 radical (unpaired) electrons. The summed E-state index contributed by atoms with van der Waals surface area (Å²) in [6.07, 6.45) is 5.78. The highest BCUT2D eigenvalue weighted by molar-refractivity contribution is 7.96. The SMILES string of the molecule is C=C/C=C(\CCC)CS(=O)(=O)C1=CC(Oc2c(Cl)c(OC)cc(OC)c2C=O)CCC1=O. The van der Waals surface area contributed by atoms with Crippen LogP contribution in [-0.2, 0) is 14.6 Å². The summed E-state index contributed by atoms with van der Waals surface area (Å²) < 4.78 is 42.4. The van der Waals surface area contributed by atoms with E-state index < -0.39 is 21.7 Å². The molecule has 0 fully saturated rings. The molecule has 0 heterocycles. The Morgan fingerprint density at radius 3 is 2.53 bits per heavy atom. The van der Waals surface area contributed by atoms with Crippen molar-refractivity contribution in [3.63, 3.8) is 0 Å². The molecule has 1 atom stereocenters. The molecule has 9 heteroatoms. The number of Topliss-reactive ketones (excluding diaryl/α,β-unsaturated/α-hetero) is 1. The molecular weight excluding hydrogens is 456 g/mol. The number of hydrogen-bond donors (Lipinski definition) is 0. The van der Waals surface area contributed by atoms with Gasteiger partial charge in [0.15, 0.2) is 27.7 Å². The second kappa shape index (κ2) is 11.3. The number of aldehydes is 1. The fourth-order valence-corrected chi connectivity index (χ4v) is 5.39. The van der Waals surface area contributed by atoms with Crippen molar-refractivity contribution in [3.8, 4) is 17.2 Å². The van der Waals surface area contributed by atoms with Crippen molar-refractivity contribution in [2.45, 2.75) is 38.7 Å². The third-order valence-corrected chi connectivity index (χ3v) is 7.06. The second-order valence-electron chi connectivity index (χ2n) is 7.17. The Morgan fingerprint density at radius 1 is 1.28 bits per heavy atom. The number of halogens is 1. The standard InChI is InChI=1S/C23H27ClO7S/c1-5-7-15(8-6-2)14-32(27,28)21-11-16(9-10-18(21)26)31-23-17(13-25)19(29-3)12-20(30-4)22(23)24/h5,7,11-13,16H,1,6,8-10,14H2,2-4H3/b15-7+. The van der Waals surface area contributed by atoms with Crippen molar-refractivity contribution >= 4 is 33.5 Å². The van der Waals surface area contributed by atoms with Crippen LogP contribution < -0.4 is 14.2 Å². The van der Waals surface area contributed by atoms with E-state index in [1.807, 2.05) is 6.92 Å². The maximum absolute atomic E-state index is 13.0. The van der Waals surface area contributed by atoms with Gasteiger partial charge in [-0.1, -0.05) is 49.2 Å². The van der Waals surface area contributed by atoms with E-state index in [2.05, 4.69) is 6.58 Å². The molecule has 1 aromatic rings. The summed E-state index contributed by atoms with van der Waals surface area (Å²) in [6, 6.07) is 1.45. The van der Waals surface area contributed by atoms with E-state index in [1.165, 1.54) is 32.4 Å². The number of ketones is 1. The minimum Gasteiger partial charge on any atom is -0.496 e. The molecule has 7 nitrogen and oxygen atoms in total. The topological polar surface area (TPSA) is 96.0 Å². The summed E-state index contributed by atoms with van der Waals surface area (Å²) in [6.45, 7) is 5.56. The van der Waals surface area contributed by atoms with Gasteiger partial charge in [-0.15, -0.1) is 0 Å². The van der Waals surface area contributed by atoms with Crippen molar-refractivity contribution in [2.75, 3.05) is 20.0 Å². The first-order chi connectivity index (χ1) is 15.2. The van der Waals surface area contributed by atoms with Crippen LogP contribution in [0, 0.1) is 0 Å². The second-order valence-corrected chi connectivity index (χ2v) is 9.51. The average molecular weight is 483 g/mol. The third kappa shape index (κ3) is 5.81. The van der Waals surface area contributed by atoms with Crippen molar-refractivity contribution in [1.82, 2.24) is 0 Å². The molecule has 0 spiro atoms. The number of carbonyl (C=O) groups excluding carboxylic acids is 2. The Morgan fingerprint density at radius 2 is 1.97 bits per heavy atom. The van der Waals surface area contributed by atoms with E-state index in [0.717, 1.165) is 6.42 Å². The summed E-state index contributed by atoms with van der Waals surface area (Å²) in [7, 11) is -1.10. The molecule has 0 bridgehead atoms. The summed E-state index contributed by atoms with van der Waals surface area (Å²) in [5, 5.41) is 0.0456. The van der Waals surface area contributed by atoms with Crippen LogP contribution in [0.5, 0.6) is 17.2 Å². The first-order valence-electron chi connectivity index (χ1n) is 10.1. The van der Waals surface area contributed by atoms with Crippen LogP contribution in [0.4, 0.5) is 0 Å². The molecule has 0 aromatic heterocycles. The number of hydrogen-bond acceptors (Lipinski definition) is 7. The molecule has 1 aromatic carbocycles. The lowest BCUT2D eigenvalue weighted by Crippen LogP contribution is -2.28. The number of carbonyl (C=O) groups is 2. The lowest BCUT2D eigenvalue weighted by Gasteiger charge is -2.24. The monoisotopic (exact) mass is 482 g/mol. The number of ether oxygens (including phenoxy) is 3. The molecule has 0 aliphatic heterocycles. The Kier molecular flexibility index (Phi) is 9.09. The molecule has 1 aliphatic carbocycles. The Hall–Kier alpha value is -2.58. The van der Waals surface area contributed by atoms with Crippen LogP contribution in [0.3, 0.4) is 0 Å². The molecule has 1 unspecified atom stereocenters. The maximum atomic E-state index is 13.0. The molecule has 2 rings (SSSR count). The summed E-state index contributed by atoms with van der Waals surface area (Å²) in [4.78, 5) is 23.9. The zero-order chi connectivity index (χ0) is 23.9. The molecule has 32 heavy (non-hydrogen) atoms. The lowest BCUT2D eigenvalue weighted by atomic mass is 10.0. The average Bonchev–Trinajstić information content (AvgIpc) is 2.76. The van der Waals surface area contributed by atoms with Crippen LogP contribution >= 0.6 is 11.6 Å². The van der Waals surface area contributed by atoms with Gasteiger partial charge in [-0.05, 0) is 18.9 Å². The molecule has 1 aliphatic rings. The molecule has 0 amide bonds. The molecule has 0 saturated heterocycles. The van der Waals surface area contributed by atoms with Gasteiger partial charge in [0.2, 0.25) is 0 Å². The maximum Gasteiger partial charge on any atom is 0.185 e. The predicted molar refractivity (Wildman–Crippen MR) is 124 cm³/mol. The van der Waals surface area contributed by atoms with Gasteiger partial charge < -0.3 is 14.2 Å². The molecule has 174 valence electrons. The van der Waals surface area contributed by atoms with Crippen molar-refractivity contribution in [3.05, 3.63) is 51.9 Å². The minimum absolute atomic E-state index is 0.00318. The van der Waals surface area contributed by atoms with Crippen LogP contribution in [0.15, 0.2) is 41.4 Å². The number of rotatable bonds is 11. The highest BCUT2D eigenvalue weighted by Gasteiger charge is 2.32. The predicted octanol–water partition coefficient (Wildman–Crippen LogP) is 4.49. The highest BCUT2D eigenvalue weighted by Crippen LogP contribution is 2.43. The van der Waals surface area contributed by atoms with E-state index in [9.17, 15) is 18.0 Å². The Bertz CT molecular complexity index is 1050. The number of sulfone groups is 1. The van der Waals surface area contributed by atoms with Crippen LogP contribution in [0.25, 0.3) is 0 Å². The number of methoxy groups -OCH3 is 2. The Labute approximate surface area is 193 Å². The van der Waals surface area contributed by atoms with Gasteiger partial charge in [-0.3, -0.25) is 9.59 Å². The van der Waals surface area contributed by atoms with Crippen LogP contribution in [0.1, 0.15) is 43.0 Å². The molecular formula is C23H27ClO7S. The number of benzene rings is 1. The molecule has 0 saturated carbocycles. The van der Waals surface area contributed by atoms with Gasteiger partial charge in [0.05, 0.1) is 20.0 Å². The summed E-state index contributed by atoms with van der Waals surface area (Å²) in [5.41, 5.74) is 0.732. The third-order valence-electron chi connectivity index (χ3n) is 4.92. The van der Waals surface area contributed by atoms with E-state index in [4.69, 9.17) is 25.8 Å². The van der Waals surface area contributed by atoms with Crippen LogP contribution in [-0.4, -0.2) is 46.6 Å². The van der Waals surface area contributed by atoms with Gasteiger partial charge in [-0.25, -0.2) is 8.42 Å². The fraction of sp³-hybridized carbons (Fsp3) is 0.391. The van der Waals surface area contributed by atoms with Gasteiger partial charge in [0, 0.05) is 12.5 Å². The van der Waals surface area contributed by atoms with Crippen LogP contribution in [0.2, 0.25) is 5.02 Å². The smallest absolute Gasteiger partial charge is 0.185 e. The van der Waals surface area contributed by atoms with E-state index in [0.29, 0.717) is 18.3 Å². The quantitative estimate of drug-likeness (QED) is 0.338. The van der Waals surface area contributed by atoms with Gasteiger partial charge in [0.25, 0.3) is 0 Å². The summed E-state index contributed by atoms with van der Waals surface area (Å²) >= 11 is 6.35. The fourth-order valence-electron chi connectivity index (χ4n) is 3.42. The van der Waals surface area contributed by atoms with E-state index >= 15 is 0 Å². The zero-order valence-electron chi connectivity index (χ0n) is 18.4. The normalized spacial score (nSPS) is 16.9. The minimum atomic E-state index is -3.89. The highest BCUT2D eigenvalue weighted by atomic mass is 35.5. The van der Waals surface area contributed by atoms with Gasteiger partial charge in [-0.2, -0.15) is 0 Å². The largest absolute Gasteiger partial charge is 0.496 e. The van der Waals surface area contributed by atoms with Crippen molar-refractivity contribution in [2.24, 2.45) is 0 Å². The van der Waals surface area contributed by atoms with E-state index in [-0.39, 0.29) is 51.3 Å². The first-order valence-corrected chi connectivity index (χ1v) is 12.1. The lowest BCUT2D eigenvalue weighted by molar-refractivity contribution is -0.115. The van der Waals surface area contributed by atoms with E-state index in [1.54, 1.807) is 6.08 Å². The first kappa shape index (κ1) is 25.7. The summed E-state index contributed by atoms with van der Waals surface area (Å²) in [5.74, 6) is -0.317. The zero-order valence-corrected chi connectivity index (χ0v) is 19.9. The number of allylic oxidation sites excluding steroid dienone is 3.